The Kier molecular flexibility index (Phi) is 5.04. The van der Waals surface area contributed by atoms with Crippen molar-refractivity contribution in [2.24, 2.45) is 0 Å². The summed E-state index contributed by atoms with van der Waals surface area (Å²) in [6.45, 7) is 4.25. The van der Waals surface area contributed by atoms with Gasteiger partial charge in [0.05, 0.1) is 12.7 Å². The van der Waals surface area contributed by atoms with E-state index in [1.54, 1.807) is 6.92 Å². The largest absolute Gasteiger partial charge is 0.490 e. The molecule has 106 valence electrons. The smallest absolute Gasteiger partial charge is 0.169 e. The van der Waals surface area contributed by atoms with E-state index in [-0.39, 0.29) is 0 Å². The number of hydrogen-bond acceptors (Lipinski definition) is 3. The van der Waals surface area contributed by atoms with E-state index in [1.165, 1.54) is 0 Å². The lowest BCUT2D eigenvalue weighted by Gasteiger charge is -2.13. The number of hydrogen-bond donors (Lipinski definition) is 1. The molecule has 2 aromatic rings. The van der Waals surface area contributed by atoms with Crippen LogP contribution in [0.3, 0.4) is 0 Å². The number of rotatable bonds is 5. The molecule has 0 saturated heterocycles. The molecule has 3 nitrogen and oxygen atoms in total. The van der Waals surface area contributed by atoms with Crippen molar-refractivity contribution in [2.75, 3.05) is 6.61 Å². The molecule has 20 heavy (non-hydrogen) atoms. The first kappa shape index (κ1) is 14.9. The second kappa shape index (κ2) is 6.77. The predicted molar refractivity (Wildman–Crippen MR) is 82.5 cm³/mol. The van der Waals surface area contributed by atoms with Crippen molar-refractivity contribution < 1.29 is 14.6 Å². The summed E-state index contributed by atoms with van der Waals surface area (Å²) < 4.78 is 12.2. The topological polar surface area (TPSA) is 38.7 Å². The van der Waals surface area contributed by atoms with Crippen LogP contribution in [0.2, 0.25) is 0 Å². The Bertz CT molecular complexity index is 582. The van der Waals surface area contributed by atoms with Crippen LogP contribution in [0, 0.1) is 0 Å². The van der Waals surface area contributed by atoms with Gasteiger partial charge in [0.1, 0.15) is 5.75 Å². The fourth-order valence-corrected chi connectivity index (χ4v) is 2.54. The molecule has 0 fully saturated rings. The highest BCUT2D eigenvalue weighted by atomic mass is 79.9. The molecule has 4 heteroatoms. The molecule has 0 heterocycles. The van der Waals surface area contributed by atoms with E-state index in [0.717, 1.165) is 10.0 Å². The van der Waals surface area contributed by atoms with Crippen LogP contribution in [-0.4, -0.2) is 11.7 Å². The summed E-state index contributed by atoms with van der Waals surface area (Å²) in [7, 11) is 0. The minimum atomic E-state index is -0.519. The first-order valence-electron chi connectivity index (χ1n) is 6.49. The fourth-order valence-electron chi connectivity index (χ4n) is 1.85. The van der Waals surface area contributed by atoms with Crippen LogP contribution < -0.4 is 9.47 Å². The zero-order chi connectivity index (χ0) is 14.5. The summed E-state index contributed by atoms with van der Waals surface area (Å²) in [4.78, 5) is 0. The Morgan fingerprint density at radius 3 is 2.45 bits per heavy atom. The first-order valence-corrected chi connectivity index (χ1v) is 7.28. The van der Waals surface area contributed by atoms with E-state index < -0.39 is 6.10 Å². The molecule has 0 unspecified atom stereocenters. The molecular formula is C16H17BrO3. The monoisotopic (exact) mass is 336 g/mol. The molecule has 1 atom stereocenters. The molecule has 2 rings (SSSR count). The van der Waals surface area contributed by atoms with E-state index in [1.807, 2.05) is 49.4 Å². The molecule has 0 aliphatic carbocycles. The Balaban J connectivity index is 2.24. The predicted octanol–water partition coefficient (Wildman–Crippen LogP) is 4.69. The zero-order valence-electron chi connectivity index (χ0n) is 11.5. The molecule has 0 aliphatic rings. The first-order chi connectivity index (χ1) is 9.61. The van der Waals surface area contributed by atoms with Gasteiger partial charge >= 0.3 is 0 Å². The minimum Gasteiger partial charge on any atom is -0.490 e. The van der Waals surface area contributed by atoms with Crippen molar-refractivity contribution in [3.8, 4) is 17.2 Å². The van der Waals surface area contributed by atoms with Crippen molar-refractivity contribution >= 4 is 15.9 Å². The number of halogens is 1. The maximum absolute atomic E-state index is 9.61. The zero-order valence-corrected chi connectivity index (χ0v) is 13.1. The quantitative estimate of drug-likeness (QED) is 0.860. The molecule has 0 aliphatic heterocycles. The maximum atomic E-state index is 9.61. The Morgan fingerprint density at radius 2 is 1.85 bits per heavy atom. The van der Waals surface area contributed by atoms with Crippen LogP contribution in [0.15, 0.2) is 46.9 Å². The average molecular weight is 337 g/mol. The van der Waals surface area contributed by atoms with Crippen LogP contribution in [0.5, 0.6) is 17.2 Å². The standard InChI is InChI=1S/C16H17BrO3/c1-3-19-15-6-4-5-7-16(15)20-12-8-9-13(11(2)18)14(17)10-12/h4-11,18H,3H2,1-2H3/t11-/m1/s1. The number of benzene rings is 2. The third-order valence-corrected chi connectivity index (χ3v) is 3.49. The van der Waals surface area contributed by atoms with Crippen LogP contribution in [0.4, 0.5) is 0 Å². The molecule has 0 saturated carbocycles. The van der Waals surface area contributed by atoms with Crippen LogP contribution in [0.1, 0.15) is 25.5 Å². The van der Waals surface area contributed by atoms with Gasteiger partial charge < -0.3 is 14.6 Å². The van der Waals surface area contributed by atoms with Gasteiger partial charge in [-0.1, -0.05) is 34.1 Å². The molecule has 2 aromatic carbocycles. The third-order valence-electron chi connectivity index (χ3n) is 2.80. The van der Waals surface area contributed by atoms with E-state index in [9.17, 15) is 5.11 Å². The van der Waals surface area contributed by atoms with E-state index >= 15 is 0 Å². The van der Waals surface area contributed by atoms with Crippen molar-refractivity contribution in [3.63, 3.8) is 0 Å². The molecule has 0 spiro atoms. The van der Waals surface area contributed by atoms with Gasteiger partial charge in [0.25, 0.3) is 0 Å². The molecule has 0 aromatic heterocycles. The van der Waals surface area contributed by atoms with E-state index in [4.69, 9.17) is 9.47 Å². The molecule has 0 bridgehead atoms. The summed E-state index contributed by atoms with van der Waals surface area (Å²) in [6, 6.07) is 13.1. The number of para-hydroxylation sites is 2. The average Bonchev–Trinajstić information content (AvgIpc) is 2.41. The second-order valence-electron chi connectivity index (χ2n) is 4.34. The van der Waals surface area contributed by atoms with Gasteiger partial charge in [-0.3, -0.25) is 0 Å². The molecule has 0 radical (unpaired) electrons. The number of ether oxygens (including phenoxy) is 2. The highest BCUT2D eigenvalue weighted by Crippen LogP contribution is 2.34. The summed E-state index contributed by atoms with van der Waals surface area (Å²) in [5.41, 5.74) is 0.829. The van der Waals surface area contributed by atoms with Gasteiger partial charge in [-0.15, -0.1) is 0 Å². The Morgan fingerprint density at radius 1 is 1.15 bits per heavy atom. The maximum Gasteiger partial charge on any atom is 0.169 e. The minimum absolute atomic E-state index is 0.519. The molecule has 1 N–H and O–H groups in total. The van der Waals surface area contributed by atoms with E-state index in [2.05, 4.69) is 15.9 Å². The molecular weight excluding hydrogens is 320 g/mol. The summed E-state index contributed by atoms with van der Waals surface area (Å²) >= 11 is 3.44. The SMILES string of the molecule is CCOc1ccccc1Oc1ccc([C@@H](C)O)c(Br)c1. The van der Waals surface area contributed by atoms with Gasteiger partial charge in [-0.05, 0) is 43.7 Å². The van der Waals surface area contributed by atoms with Gasteiger partial charge in [0.2, 0.25) is 0 Å². The van der Waals surface area contributed by atoms with Crippen molar-refractivity contribution in [2.45, 2.75) is 20.0 Å². The van der Waals surface area contributed by atoms with Gasteiger partial charge in [0.15, 0.2) is 11.5 Å². The summed E-state index contributed by atoms with van der Waals surface area (Å²) in [6.07, 6.45) is -0.519. The highest BCUT2D eigenvalue weighted by Gasteiger charge is 2.09. The van der Waals surface area contributed by atoms with Crippen LogP contribution in [-0.2, 0) is 0 Å². The van der Waals surface area contributed by atoms with Crippen LogP contribution in [0.25, 0.3) is 0 Å². The van der Waals surface area contributed by atoms with Gasteiger partial charge in [0, 0.05) is 4.47 Å². The Hall–Kier alpha value is -1.52. The lowest BCUT2D eigenvalue weighted by molar-refractivity contribution is 0.198. The normalized spacial score (nSPS) is 12.0. The van der Waals surface area contributed by atoms with Gasteiger partial charge in [-0.2, -0.15) is 0 Å². The fraction of sp³-hybridized carbons (Fsp3) is 0.250. The highest BCUT2D eigenvalue weighted by molar-refractivity contribution is 9.10. The summed E-state index contributed by atoms with van der Waals surface area (Å²) in [5, 5.41) is 9.61. The van der Waals surface area contributed by atoms with Crippen molar-refractivity contribution in [1.29, 1.82) is 0 Å². The number of aliphatic hydroxyl groups excluding tert-OH is 1. The van der Waals surface area contributed by atoms with Crippen molar-refractivity contribution in [1.82, 2.24) is 0 Å². The van der Waals surface area contributed by atoms with Gasteiger partial charge in [-0.25, -0.2) is 0 Å². The third kappa shape index (κ3) is 3.52. The number of aliphatic hydroxyl groups is 1. The summed E-state index contributed by atoms with van der Waals surface area (Å²) in [5.74, 6) is 2.07. The Labute approximate surface area is 127 Å². The van der Waals surface area contributed by atoms with E-state index in [0.29, 0.717) is 23.9 Å². The lowest BCUT2D eigenvalue weighted by Crippen LogP contribution is -1.96. The second-order valence-corrected chi connectivity index (χ2v) is 5.20. The van der Waals surface area contributed by atoms with Crippen molar-refractivity contribution in [3.05, 3.63) is 52.5 Å². The molecule has 0 amide bonds. The lowest BCUT2D eigenvalue weighted by atomic mass is 10.1. The van der Waals surface area contributed by atoms with Crippen LogP contribution >= 0.6 is 15.9 Å².